The van der Waals surface area contributed by atoms with Crippen LogP contribution in [0, 0.1) is 5.92 Å². The van der Waals surface area contributed by atoms with Crippen LogP contribution in [0.5, 0.6) is 0 Å². The van der Waals surface area contributed by atoms with E-state index in [4.69, 9.17) is 4.74 Å². The molecule has 12 heteroatoms. The van der Waals surface area contributed by atoms with Crippen LogP contribution in [-0.2, 0) is 25.7 Å². The van der Waals surface area contributed by atoms with Gasteiger partial charge in [-0.15, -0.1) is 11.3 Å². The number of anilines is 2. The number of carbonyl (C=O) groups excluding carboxylic acids is 1. The van der Waals surface area contributed by atoms with Gasteiger partial charge < -0.3 is 15.0 Å². The molecule has 33 heavy (non-hydrogen) atoms. The molecule has 2 saturated heterocycles. The zero-order valence-corrected chi connectivity index (χ0v) is 19.3. The number of hydrogen-bond acceptors (Lipinski definition) is 6. The van der Waals surface area contributed by atoms with Gasteiger partial charge in [-0.1, -0.05) is 6.07 Å². The van der Waals surface area contributed by atoms with E-state index >= 15 is 0 Å². The lowest BCUT2D eigenvalue weighted by molar-refractivity contribution is -0.137. The summed E-state index contributed by atoms with van der Waals surface area (Å²) in [7, 11) is -3.59. The molecule has 0 unspecified atom stereocenters. The van der Waals surface area contributed by atoms with E-state index in [9.17, 15) is 26.4 Å². The molecule has 2 aliphatic heterocycles. The number of nitrogens with one attached hydrogen (secondary N) is 1. The summed E-state index contributed by atoms with van der Waals surface area (Å²) in [4.78, 5) is 14.8. The van der Waals surface area contributed by atoms with Gasteiger partial charge in [-0.25, -0.2) is 8.42 Å². The molecule has 180 valence electrons. The Morgan fingerprint density at radius 3 is 2.39 bits per heavy atom. The highest BCUT2D eigenvalue weighted by atomic mass is 32.2. The van der Waals surface area contributed by atoms with Gasteiger partial charge in [0.1, 0.15) is 4.21 Å². The highest BCUT2D eigenvalue weighted by Gasteiger charge is 2.34. The van der Waals surface area contributed by atoms with Crippen LogP contribution >= 0.6 is 11.3 Å². The van der Waals surface area contributed by atoms with E-state index < -0.39 is 33.6 Å². The van der Waals surface area contributed by atoms with Crippen LogP contribution in [0.1, 0.15) is 18.4 Å². The third kappa shape index (κ3) is 5.34. The highest BCUT2D eigenvalue weighted by Crippen LogP contribution is 2.36. The van der Waals surface area contributed by atoms with Crippen molar-refractivity contribution in [2.24, 2.45) is 5.92 Å². The second-order valence-electron chi connectivity index (χ2n) is 7.93. The van der Waals surface area contributed by atoms with Gasteiger partial charge in [-0.3, -0.25) is 4.79 Å². The van der Waals surface area contributed by atoms with Crippen molar-refractivity contribution in [3.63, 3.8) is 0 Å². The molecule has 4 rings (SSSR count). The van der Waals surface area contributed by atoms with Crippen LogP contribution in [0.15, 0.2) is 39.9 Å². The molecule has 0 radical (unpaired) electrons. The van der Waals surface area contributed by atoms with Gasteiger partial charge in [0.2, 0.25) is 5.91 Å². The Hall–Kier alpha value is -2.15. The maximum absolute atomic E-state index is 13.3. The average Bonchev–Trinajstić information content (AvgIpc) is 3.35. The number of amides is 1. The predicted molar refractivity (Wildman–Crippen MR) is 119 cm³/mol. The van der Waals surface area contributed by atoms with Crippen LogP contribution in [0.25, 0.3) is 0 Å². The van der Waals surface area contributed by atoms with Gasteiger partial charge in [0.25, 0.3) is 10.0 Å². The summed E-state index contributed by atoms with van der Waals surface area (Å²) in [6, 6.07) is 6.55. The van der Waals surface area contributed by atoms with Crippen molar-refractivity contribution in [2.45, 2.75) is 23.2 Å². The van der Waals surface area contributed by atoms with Crippen molar-refractivity contribution >= 4 is 38.6 Å². The Kier molecular flexibility index (Phi) is 6.99. The number of nitrogens with zero attached hydrogens (tertiary/aromatic N) is 2. The quantitative estimate of drug-likeness (QED) is 0.674. The lowest BCUT2D eigenvalue weighted by Crippen LogP contribution is -2.41. The maximum atomic E-state index is 13.3. The summed E-state index contributed by atoms with van der Waals surface area (Å²) < 4.78 is 72.2. The van der Waals surface area contributed by atoms with Crippen molar-refractivity contribution in [3.8, 4) is 0 Å². The number of ether oxygens (including phenoxy) is 1. The second-order valence-corrected chi connectivity index (χ2v) is 11.0. The van der Waals surface area contributed by atoms with Gasteiger partial charge in [0, 0.05) is 32.1 Å². The molecule has 0 bridgehead atoms. The molecule has 1 aromatic carbocycles. The van der Waals surface area contributed by atoms with E-state index in [0.29, 0.717) is 44.8 Å². The summed E-state index contributed by atoms with van der Waals surface area (Å²) in [6.45, 7) is 2.27. The zero-order chi connectivity index (χ0) is 23.6. The van der Waals surface area contributed by atoms with Gasteiger partial charge in [0.05, 0.1) is 30.2 Å². The Labute approximate surface area is 194 Å². The number of hydrogen-bond donors (Lipinski definition) is 1. The molecular formula is C21H24F3N3O4S2. The largest absolute Gasteiger partial charge is 0.416 e. The first-order valence-corrected chi connectivity index (χ1v) is 12.9. The Morgan fingerprint density at radius 2 is 1.79 bits per heavy atom. The molecule has 2 aliphatic rings. The van der Waals surface area contributed by atoms with E-state index in [0.717, 1.165) is 23.5 Å². The molecule has 1 aromatic heterocycles. The van der Waals surface area contributed by atoms with Crippen molar-refractivity contribution < 1.29 is 31.1 Å². The minimum absolute atomic E-state index is 0.102. The van der Waals surface area contributed by atoms with Gasteiger partial charge in [-0.05, 0) is 42.5 Å². The molecule has 2 fully saturated rings. The van der Waals surface area contributed by atoms with Crippen molar-refractivity contribution in [3.05, 3.63) is 41.3 Å². The average molecular weight is 504 g/mol. The summed E-state index contributed by atoms with van der Waals surface area (Å²) in [5.41, 5.74) is -0.227. The summed E-state index contributed by atoms with van der Waals surface area (Å²) in [5, 5.41) is 4.37. The van der Waals surface area contributed by atoms with Gasteiger partial charge in [0.15, 0.2) is 0 Å². The lowest BCUT2D eigenvalue weighted by atomic mass is 9.97. The molecule has 0 spiro atoms. The fourth-order valence-corrected chi connectivity index (χ4v) is 6.64. The molecule has 1 amide bonds. The third-order valence-electron chi connectivity index (χ3n) is 5.85. The van der Waals surface area contributed by atoms with Crippen LogP contribution < -0.4 is 10.2 Å². The number of rotatable bonds is 5. The smallest absolute Gasteiger partial charge is 0.378 e. The predicted octanol–water partition coefficient (Wildman–Crippen LogP) is 3.64. The van der Waals surface area contributed by atoms with E-state index in [2.05, 4.69) is 5.32 Å². The zero-order valence-electron chi connectivity index (χ0n) is 17.7. The van der Waals surface area contributed by atoms with Gasteiger partial charge in [-0.2, -0.15) is 17.5 Å². The minimum Gasteiger partial charge on any atom is -0.378 e. The number of thiophene rings is 1. The van der Waals surface area contributed by atoms with E-state index in [1.807, 2.05) is 4.90 Å². The van der Waals surface area contributed by atoms with Gasteiger partial charge >= 0.3 is 6.18 Å². The number of morpholine rings is 1. The molecule has 0 saturated carbocycles. The SMILES string of the molecule is O=C(Nc1cc(C(F)(F)F)ccc1N1CCOCC1)C1CCN(S(=O)(=O)c2cccs2)CC1. The molecule has 3 heterocycles. The normalized spacial score (nSPS) is 18.9. The molecule has 7 nitrogen and oxygen atoms in total. The number of halogens is 3. The number of benzene rings is 1. The number of alkyl halides is 3. The number of carbonyl (C=O) groups is 1. The lowest BCUT2D eigenvalue weighted by Gasteiger charge is -2.32. The Bertz CT molecular complexity index is 1080. The monoisotopic (exact) mass is 503 g/mol. The second kappa shape index (κ2) is 9.61. The van der Waals surface area contributed by atoms with Crippen molar-refractivity contribution in [2.75, 3.05) is 49.6 Å². The first-order valence-electron chi connectivity index (χ1n) is 10.5. The minimum atomic E-state index is -4.54. The Balaban J connectivity index is 1.47. The summed E-state index contributed by atoms with van der Waals surface area (Å²) >= 11 is 1.14. The van der Waals surface area contributed by atoms with Crippen molar-refractivity contribution in [1.82, 2.24) is 4.31 Å². The van der Waals surface area contributed by atoms with Crippen LogP contribution in [-0.4, -0.2) is 58.0 Å². The molecule has 0 aliphatic carbocycles. The number of piperidine rings is 1. The fraction of sp³-hybridized carbons (Fsp3) is 0.476. The topological polar surface area (TPSA) is 79.0 Å². The third-order valence-corrected chi connectivity index (χ3v) is 9.12. The van der Waals surface area contributed by atoms with Crippen molar-refractivity contribution in [1.29, 1.82) is 0 Å². The van der Waals surface area contributed by atoms with E-state index in [-0.39, 0.29) is 23.0 Å². The first-order chi connectivity index (χ1) is 15.7. The fourth-order valence-electron chi connectivity index (χ4n) is 4.02. The van der Waals surface area contributed by atoms with Crippen LogP contribution in [0.2, 0.25) is 0 Å². The molecule has 2 aromatic rings. The van der Waals surface area contributed by atoms with Crippen LogP contribution in [0.3, 0.4) is 0 Å². The number of sulfonamides is 1. The molecular weight excluding hydrogens is 479 g/mol. The molecule has 1 N–H and O–H groups in total. The summed E-state index contributed by atoms with van der Waals surface area (Å²) in [5.74, 6) is -0.899. The van der Waals surface area contributed by atoms with Crippen LogP contribution in [0.4, 0.5) is 24.5 Å². The van der Waals surface area contributed by atoms with E-state index in [1.165, 1.54) is 10.4 Å². The first kappa shape index (κ1) is 24.0. The molecule has 0 atom stereocenters. The van der Waals surface area contributed by atoms with E-state index in [1.54, 1.807) is 17.5 Å². The Morgan fingerprint density at radius 1 is 1.09 bits per heavy atom. The standard InChI is InChI=1S/C21H24F3N3O4S2/c22-21(23,24)16-3-4-18(26-9-11-31-12-10-26)17(14-16)25-20(28)15-5-7-27(8-6-15)33(29,30)19-2-1-13-32-19/h1-4,13-15H,5-12H2,(H,25,28). The maximum Gasteiger partial charge on any atom is 0.416 e. The highest BCUT2D eigenvalue weighted by molar-refractivity contribution is 7.91. The summed E-state index contributed by atoms with van der Waals surface area (Å²) in [6.07, 6.45) is -3.95.